The Labute approximate surface area is 174 Å². The smallest absolute Gasteiger partial charge is 0.220 e. The Hall–Kier alpha value is -1.75. The highest BCUT2D eigenvalue weighted by Crippen LogP contribution is 2.14. The van der Waals surface area contributed by atoms with Crippen molar-refractivity contribution >= 4 is 36.4 Å². The second-order valence-corrected chi connectivity index (χ2v) is 6.78. The van der Waals surface area contributed by atoms with Crippen molar-refractivity contribution in [3.05, 3.63) is 65.2 Å². The van der Waals surface area contributed by atoms with E-state index in [9.17, 15) is 4.79 Å². The molecule has 2 aromatic rings. The summed E-state index contributed by atoms with van der Waals surface area (Å²) in [6, 6.07) is 16.3. The third-order valence-electron chi connectivity index (χ3n) is 4.79. The molecule has 0 atom stereocenters. The van der Waals surface area contributed by atoms with E-state index in [1.807, 2.05) is 24.3 Å². The van der Waals surface area contributed by atoms with E-state index in [2.05, 4.69) is 34.5 Å². The molecule has 2 aromatic carbocycles. The summed E-state index contributed by atoms with van der Waals surface area (Å²) in [5, 5.41) is 2.99. The average molecular weight is 410 g/mol. The van der Waals surface area contributed by atoms with E-state index >= 15 is 0 Å². The second kappa shape index (κ2) is 11.9. The van der Waals surface area contributed by atoms with Crippen LogP contribution in [-0.4, -0.2) is 23.9 Å². The Morgan fingerprint density at radius 3 is 2.26 bits per heavy atom. The number of anilines is 1. The van der Waals surface area contributed by atoms with Gasteiger partial charge in [0.1, 0.15) is 0 Å². The summed E-state index contributed by atoms with van der Waals surface area (Å²) in [5.74, 6) is 0.0596. The quantitative estimate of drug-likeness (QED) is 0.680. The molecule has 0 unspecified atom stereocenters. The van der Waals surface area contributed by atoms with Gasteiger partial charge in [-0.3, -0.25) is 9.69 Å². The Balaban J connectivity index is 0.00000182. The van der Waals surface area contributed by atoms with Crippen LogP contribution in [0.3, 0.4) is 0 Å². The van der Waals surface area contributed by atoms with Crippen molar-refractivity contribution in [2.75, 3.05) is 18.8 Å². The Morgan fingerprint density at radius 1 is 0.963 bits per heavy atom. The Morgan fingerprint density at radius 2 is 1.59 bits per heavy atom. The normalized spacial score (nSPS) is 13.5. The van der Waals surface area contributed by atoms with Crippen LogP contribution < -0.4 is 11.1 Å². The van der Waals surface area contributed by atoms with E-state index < -0.39 is 0 Å². The lowest BCUT2D eigenvalue weighted by atomic mass is 10.1. The SMILES string of the molecule is Cl.Cl.Nc1ccccc1CCC(=O)NCc1ccc(CN2CCCC2)cc1. The van der Waals surface area contributed by atoms with Crippen LogP contribution in [0, 0.1) is 0 Å². The fraction of sp³-hybridized carbons (Fsp3) is 0.381. The molecule has 0 aliphatic carbocycles. The lowest BCUT2D eigenvalue weighted by molar-refractivity contribution is -0.121. The van der Waals surface area contributed by atoms with Gasteiger partial charge in [-0.1, -0.05) is 42.5 Å². The number of carbonyl (C=O) groups excluding carboxylic acids is 1. The number of aryl methyl sites for hydroxylation is 1. The lowest BCUT2D eigenvalue weighted by Crippen LogP contribution is -2.23. The number of rotatable bonds is 7. The molecule has 6 heteroatoms. The second-order valence-electron chi connectivity index (χ2n) is 6.78. The number of nitrogens with zero attached hydrogens (tertiary/aromatic N) is 1. The molecule has 1 amide bonds. The van der Waals surface area contributed by atoms with Crippen LogP contribution in [0.4, 0.5) is 5.69 Å². The summed E-state index contributed by atoms with van der Waals surface area (Å²) < 4.78 is 0. The van der Waals surface area contributed by atoms with Crippen LogP contribution >= 0.6 is 24.8 Å². The van der Waals surface area contributed by atoms with Crippen LogP contribution in [0.1, 0.15) is 36.0 Å². The van der Waals surface area contributed by atoms with E-state index in [0.717, 1.165) is 23.4 Å². The molecule has 0 radical (unpaired) electrons. The zero-order valence-electron chi connectivity index (χ0n) is 15.5. The summed E-state index contributed by atoms with van der Waals surface area (Å²) in [6.45, 7) is 4.03. The van der Waals surface area contributed by atoms with Gasteiger partial charge in [0.25, 0.3) is 0 Å². The molecular weight excluding hydrogens is 381 g/mol. The first-order valence-corrected chi connectivity index (χ1v) is 9.11. The molecule has 0 saturated carbocycles. The summed E-state index contributed by atoms with van der Waals surface area (Å²) in [4.78, 5) is 14.5. The van der Waals surface area contributed by atoms with Gasteiger partial charge in [-0.2, -0.15) is 0 Å². The predicted molar refractivity (Wildman–Crippen MR) is 116 cm³/mol. The Kier molecular flexibility index (Phi) is 10.2. The van der Waals surface area contributed by atoms with Gasteiger partial charge in [0, 0.05) is 25.2 Å². The van der Waals surface area contributed by atoms with Crippen LogP contribution in [0.5, 0.6) is 0 Å². The molecule has 0 bridgehead atoms. The van der Waals surface area contributed by atoms with E-state index in [4.69, 9.17) is 5.73 Å². The molecule has 1 fully saturated rings. The number of carbonyl (C=O) groups is 1. The highest BCUT2D eigenvalue weighted by atomic mass is 35.5. The minimum atomic E-state index is 0. The topological polar surface area (TPSA) is 58.4 Å². The van der Waals surface area contributed by atoms with E-state index in [1.54, 1.807) is 0 Å². The van der Waals surface area contributed by atoms with Gasteiger partial charge < -0.3 is 11.1 Å². The zero-order chi connectivity index (χ0) is 17.5. The highest BCUT2D eigenvalue weighted by molar-refractivity contribution is 5.85. The highest BCUT2D eigenvalue weighted by Gasteiger charge is 2.11. The molecule has 0 spiro atoms. The zero-order valence-corrected chi connectivity index (χ0v) is 17.2. The number of amides is 1. The fourth-order valence-electron chi connectivity index (χ4n) is 3.26. The van der Waals surface area contributed by atoms with Crippen molar-refractivity contribution in [1.82, 2.24) is 10.2 Å². The van der Waals surface area contributed by atoms with Crippen molar-refractivity contribution < 1.29 is 4.79 Å². The average Bonchev–Trinajstić information content (AvgIpc) is 3.13. The molecule has 148 valence electrons. The van der Waals surface area contributed by atoms with Crippen LogP contribution in [0.25, 0.3) is 0 Å². The number of hydrogen-bond acceptors (Lipinski definition) is 3. The molecule has 1 saturated heterocycles. The van der Waals surface area contributed by atoms with Crippen molar-refractivity contribution in [3.8, 4) is 0 Å². The minimum Gasteiger partial charge on any atom is -0.399 e. The van der Waals surface area contributed by atoms with Crippen molar-refractivity contribution in [1.29, 1.82) is 0 Å². The summed E-state index contributed by atoms with van der Waals surface area (Å²) in [6.07, 6.45) is 3.77. The van der Waals surface area contributed by atoms with Gasteiger partial charge in [0.2, 0.25) is 5.91 Å². The third kappa shape index (κ3) is 7.41. The first-order chi connectivity index (χ1) is 12.2. The van der Waals surface area contributed by atoms with Crippen LogP contribution in [-0.2, 0) is 24.3 Å². The molecular formula is C21H29Cl2N3O. The Bertz CT molecular complexity index is 701. The van der Waals surface area contributed by atoms with Crippen LogP contribution in [0.2, 0.25) is 0 Å². The first-order valence-electron chi connectivity index (χ1n) is 9.11. The number of nitrogen functional groups attached to an aromatic ring is 1. The monoisotopic (exact) mass is 409 g/mol. The number of nitrogens with two attached hydrogens (primary N) is 1. The van der Waals surface area contributed by atoms with Crippen LogP contribution in [0.15, 0.2) is 48.5 Å². The molecule has 1 aliphatic heterocycles. The maximum absolute atomic E-state index is 12.0. The number of hydrogen-bond donors (Lipinski definition) is 2. The van der Waals surface area contributed by atoms with Crippen molar-refractivity contribution in [3.63, 3.8) is 0 Å². The van der Waals surface area contributed by atoms with E-state index in [1.165, 1.54) is 31.5 Å². The summed E-state index contributed by atoms with van der Waals surface area (Å²) >= 11 is 0. The van der Waals surface area contributed by atoms with Gasteiger partial charge >= 0.3 is 0 Å². The van der Waals surface area contributed by atoms with Crippen molar-refractivity contribution in [2.24, 2.45) is 0 Å². The van der Waals surface area contributed by atoms with Gasteiger partial charge in [0.15, 0.2) is 0 Å². The molecule has 3 rings (SSSR count). The fourth-order valence-corrected chi connectivity index (χ4v) is 3.26. The summed E-state index contributed by atoms with van der Waals surface area (Å²) in [7, 11) is 0. The lowest BCUT2D eigenvalue weighted by Gasteiger charge is -2.14. The van der Waals surface area contributed by atoms with E-state index in [0.29, 0.717) is 19.4 Å². The first kappa shape index (κ1) is 23.3. The predicted octanol–water partition coefficient (Wildman–Crippen LogP) is 3.96. The largest absolute Gasteiger partial charge is 0.399 e. The molecule has 1 aliphatic rings. The number of halogens is 2. The maximum Gasteiger partial charge on any atom is 0.220 e. The summed E-state index contributed by atoms with van der Waals surface area (Å²) in [5.41, 5.74) is 10.2. The number of nitrogens with one attached hydrogen (secondary N) is 1. The minimum absolute atomic E-state index is 0. The van der Waals surface area contributed by atoms with Crippen molar-refractivity contribution in [2.45, 2.75) is 38.8 Å². The number of benzene rings is 2. The number of likely N-dealkylation sites (tertiary alicyclic amines) is 1. The molecule has 27 heavy (non-hydrogen) atoms. The molecule has 1 heterocycles. The van der Waals surface area contributed by atoms with Gasteiger partial charge in [0.05, 0.1) is 0 Å². The third-order valence-corrected chi connectivity index (χ3v) is 4.79. The molecule has 3 N–H and O–H groups in total. The van der Waals surface area contributed by atoms with E-state index in [-0.39, 0.29) is 30.7 Å². The van der Waals surface area contributed by atoms with Gasteiger partial charge in [-0.15, -0.1) is 24.8 Å². The molecule has 4 nitrogen and oxygen atoms in total. The standard InChI is InChI=1S/C21H27N3O.2ClH/c22-20-6-2-1-5-19(20)11-12-21(25)23-15-17-7-9-18(10-8-17)16-24-13-3-4-14-24;;/h1-2,5-10H,3-4,11-16,22H2,(H,23,25);2*1H. The maximum atomic E-state index is 12.0. The number of para-hydroxylation sites is 1. The van der Waals surface area contributed by atoms with Gasteiger partial charge in [-0.05, 0) is 55.1 Å². The van der Waals surface area contributed by atoms with Gasteiger partial charge in [-0.25, -0.2) is 0 Å². The molecule has 0 aromatic heterocycles.